The highest BCUT2D eigenvalue weighted by molar-refractivity contribution is 7.15. The molecular weight excluding hydrogens is 396 g/mol. The second kappa shape index (κ2) is 7.99. The normalized spacial score (nSPS) is 16.2. The van der Waals surface area contributed by atoms with Crippen molar-refractivity contribution in [3.05, 3.63) is 69.2 Å². The molecule has 2 aromatic carbocycles. The van der Waals surface area contributed by atoms with Gasteiger partial charge in [-0.15, -0.1) is 10.2 Å². The number of hydrogen-bond donors (Lipinski definition) is 1. The number of anilines is 2. The summed E-state index contributed by atoms with van der Waals surface area (Å²) in [5.41, 5.74) is 5.99. The molecule has 7 heteroatoms. The van der Waals surface area contributed by atoms with Crippen LogP contribution in [0.5, 0.6) is 0 Å². The molecule has 2 amide bonds. The molecule has 4 rings (SSSR count). The van der Waals surface area contributed by atoms with Crippen LogP contribution in [-0.4, -0.2) is 28.6 Å². The smallest absolute Gasteiger partial charge is 0.257 e. The Hall–Kier alpha value is -3.06. The van der Waals surface area contributed by atoms with E-state index in [0.29, 0.717) is 23.7 Å². The van der Waals surface area contributed by atoms with Crippen LogP contribution in [0.2, 0.25) is 0 Å². The average molecular weight is 421 g/mol. The minimum absolute atomic E-state index is 0.0249. The van der Waals surface area contributed by atoms with E-state index in [-0.39, 0.29) is 17.7 Å². The van der Waals surface area contributed by atoms with Crippen molar-refractivity contribution >= 4 is 34.0 Å². The quantitative estimate of drug-likeness (QED) is 0.672. The van der Waals surface area contributed by atoms with Gasteiger partial charge in [-0.3, -0.25) is 14.9 Å². The summed E-state index contributed by atoms with van der Waals surface area (Å²) in [4.78, 5) is 27.0. The number of carbonyl (C=O) groups is 2. The van der Waals surface area contributed by atoms with E-state index in [1.165, 1.54) is 11.3 Å². The topological polar surface area (TPSA) is 75.2 Å². The van der Waals surface area contributed by atoms with E-state index >= 15 is 0 Å². The van der Waals surface area contributed by atoms with Gasteiger partial charge in [0.1, 0.15) is 5.01 Å². The van der Waals surface area contributed by atoms with E-state index < -0.39 is 0 Å². The van der Waals surface area contributed by atoms with Gasteiger partial charge in [-0.05, 0) is 74.2 Å². The number of hydrogen-bond acceptors (Lipinski definition) is 5. The van der Waals surface area contributed by atoms with Gasteiger partial charge in [-0.1, -0.05) is 23.5 Å². The third kappa shape index (κ3) is 4.11. The molecule has 1 N–H and O–H groups in total. The maximum absolute atomic E-state index is 12.6. The lowest BCUT2D eigenvalue weighted by Gasteiger charge is -2.17. The molecule has 0 unspecified atom stereocenters. The number of carbonyl (C=O) groups excluding carboxylic acids is 2. The Kier molecular flexibility index (Phi) is 5.39. The lowest BCUT2D eigenvalue weighted by atomic mass is 10.1. The molecule has 1 aliphatic heterocycles. The fourth-order valence-corrected chi connectivity index (χ4v) is 4.56. The Labute approximate surface area is 180 Å². The van der Waals surface area contributed by atoms with Gasteiger partial charge in [0, 0.05) is 30.1 Å². The maximum atomic E-state index is 12.6. The Morgan fingerprint density at radius 1 is 1.03 bits per heavy atom. The fourth-order valence-electron chi connectivity index (χ4n) is 3.73. The first-order valence-corrected chi connectivity index (χ1v) is 10.7. The molecular formula is C23H24N4O2S. The molecule has 2 heterocycles. The van der Waals surface area contributed by atoms with Crippen molar-refractivity contribution in [1.29, 1.82) is 0 Å². The molecule has 30 heavy (non-hydrogen) atoms. The van der Waals surface area contributed by atoms with Crippen LogP contribution in [0.15, 0.2) is 36.4 Å². The van der Waals surface area contributed by atoms with E-state index in [0.717, 1.165) is 32.9 Å². The summed E-state index contributed by atoms with van der Waals surface area (Å²) in [6.45, 7) is 8.63. The van der Waals surface area contributed by atoms with Gasteiger partial charge >= 0.3 is 0 Å². The lowest BCUT2D eigenvalue weighted by molar-refractivity contribution is -0.117. The molecule has 3 aromatic rings. The van der Waals surface area contributed by atoms with Crippen molar-refractivity contribution in [2.75, 3.05) is 16.8 Å². The van der Waals surface area contributed by atoms with Gasteiger partial charge in [-0.2, -0.15) is 0 Å². The lowest BCUT2D eigenvalue weighted by Crippen LogP contribution is -2.24. The highest BCUT2D eigenvalue weighted by Gasteiger charge is 2.34. The molecule has 0 aliphatic carbocycles. The van der Waals surface area contributed by atoms with E-state index in [1.54, 1.807) is 6.07 Å². The predicted molar refractivity (Wildman–Crippen MR) is 119 cm³/mol. The number of nitrogens with one attached hydrogen (secondary N) is 1. The largest absolute Gasteiger partial charge is 0.312 e. The second-order valence-electron chi connectivity index (χ2n) is 7.95. The van der Waals surface area contributed by atoms with Crippen LogP contribution in [0, 0.1) is 27.7 Å². The first kappa shape index (κ1) is 20.2. The van der Waals surface area contributed by atoms with E-state index in [2.05, 4.69) is 21.6 Å². The second-order valence-corrected chi connectivity index (χ2v) is 8.96. The third-order valence-corrected chi connectivity index (χ3v) is 6.42. The number of nitrogens with zero attached hydrogens (tertiary/aromatic N) is 3. The molecule has 0 spiro atoms. The van der Waals surface area contributed by atoms with Gasteiger partial charge in [0.05, 0.1) is 0 Å². The molecule has 0 radical (unpaired) electrons. The first-order chi connectivity index (χ1) is 14.3. The van der Waals surface area contributed by atoms with Gasteiger partial charge in [0.2, 0.25) is 11.0 Å². The van der Waals surface area contributed by atoms with Gasteiger partial charge < -0.3 is 4.90 Å². The SMILES string of the molecule is Cc1cc(C)cc(N2C[C@@H](c3nnc(NC(=O)c4ccc(C)c(C)c4)s3)CC2=O)c1. The van der Waals surface area contributed by atoms with Crippen molar-refractivity contribution < 1.29 is 9.59 Å². The summed E-state index contributed by atoms with van der Waals surface area (Å²) >= 11 is 1.33. The van der Waals surface area contributed by atoms with E-state index in [1.807, 2.05) is 56.9 Å². The number of aromatic nitrogens is 2. The van der Waals surface area contributed by atoms with Crippen LogP contribution in [-0.2, 0) is 4.79 Å². The molecule has 1 saturated heterocycles. The van der Waals surface area contributed by atoms with Crippen LogP contribution >= 0.6 is 11.3 Å². The zero-order valence-corrected chi connectivity index (χ0v) is 18.3. The number of benzene rings is 2. The summed E-state index contributed by atoms with van der Waals surface area (Å²) in [7, 11) is 0. The molecule has 1 atom stereocenters. The van der Waals surface area contributed by atoms with Crippen LogP contribution in [0.3, 0.4) is 0 Å². The number of rotatable bonds is 4. The third-order valence-electron chi connectivity index (χ3n) is 5.42. The Bertz CT molecular complexity index is 1120. The molecule has 0 bridgehead atoms. The number of amides is 2. The first-order valence-electron chi connectivity index (χ1n) is 9.91. The van der Waals surface area contributed by atoms with Crippen LogP contribution in [0.25, 0.3) is 0 Å². The minimum Gasteiger partial charge on any atom is -0.312 e. The highest BCUT2D eigenvalue weighted by Crippen LogP contribution is 2.35. The summed E-state index contributed by atoms with van der Waals surface area (Å²) in [5, 5.41) is 12.4. The summed E-state index contributed by atoms with van der Waals surface area (Å²) in [5.74, 6) is -0.149. The summed E-state index contributed by atoms with van der Waals surface area (Å²) in [6, 6.07) is 11.8. The molecule has 1 fully saturated rings. The van der Waals surface area contributed by atoms with Crippen LogP contribution in [0.4, 0.5) is 10.8 Å². The van der Waals surface area contributed by atoms with Crippen molar-refractivity contribution in [1.82, 2.24) is 10.2 Å². The van der Waals surface area contributed by atoms with Crippen molar-refractivity contribution in [3.8, 4) is 0 Å². The van der Waals surface area contributed by atoms with Crippen LogP contribution < -0.4 is 10.2 Å². The maximum Gasteiger partial charge on any atom is 0.257 e. The highest BCUT2D eigenvalue weighted by atomic mass is 32.1. The van der Waals surface area contributed by atoms with E-state index in [9.17, 15) is 9.59 Å². The molecule has 0 saturated carbocycles. The van der Waals surface area contributed by atoms with Gasteiger partial charge in [0.15, 0.2) is 0 Å². The summed E-state index contributed by atoms with van der Waals surface area (Å²) < 4.78 is 0. The van der Waals surface area contributed by atoms with Crippen molar-refractivity contribution in [2.24, 2.45) is 0 Å². The number of aryl methyl sites for hydroxylation is 4. The Morgan fingerprint density at radius 3 is 2.47 bits per heavy atom. The monoisotopic (exact) mass is 420 g/mol. The van der Waals surface area contributed by atoms with E-state index in [4.69, 9.17) is 0 Å². The van der Waals surface area contributed by atoms with Crippen molar-refractivity contribution in [2.45, 2.75) is 40.0 Å². The zero-order chi connectivity index (χ0) is 21.4. The van der Waals surface area contributed by atoms with Gasteiger partial charge in [0.25, 0.3) is 5.91 Å². The minimum atomic E-state index is -0.208. The predicted octanol–water partition coefficient (Wildman–Crippen LogP) is 4.54. The average Bonchev–Trinajstić information content (AvgIpc) is 3.29. The fraction of sp³-hybridized carbons (Fsp3) is 0.304. The van der Waals surface area contributed by atoms with Crippen molar-refractivity contribution in [3.63, 3.8) is 0 Å². The Morgan fingerprint density at radius 2 is 1.77 bits per heavy atom. The van der Waals surface area contributed by atoms with Gasteiger partial charge in [-0.25, -0.2) is 0 Å². The van der Waals surface area contributed by atoms with Crippen LogP contribution in [0.1, 0.15) is 50.0 Å². The molecule has 6 nitrogen and oxygen atoms in total. The summed E-state index contributed by atoms with van der Waals surface area (Å²) in [6.07, 6.45) is 0.396. The molecule has 1 aliphatic rings. The standard InChI is InChI=1S/C23H24N4O2S/c1-13-7-14(2)9-19(8-13)27-12-18(11-20(27)28)22-25-26-23(30-22)24-21(29)17-6-5-15(3)16(4)10-17/h5-10,18H,11-12H2,1-4H3,(H,24,26,29)/t18-/m0/s1. The molecule has 1 aromatic heterocycles. The Balaban J connectivity index is 1.47. The molecule has 154 valence electrons. The zero-order valence-electron chi connectivity index (χ0n) is 17.5.